The van der Waals surface area contributed by atoms with Crippen LogP contribution in [-0.4, -0.2) is 42.5 Å². The summed E-state index contributed by atoms with van der Waals surface area (Å²) in [7, 11) is 1.71. The summed E-state index contributed by atoms with van der Waals surface area (Å²) < 4.78 is 33.7. The van der Waals surface area contributed by atoms with Gasteiger partial charge in [-0.1, -0.05) is 61.5 Å². The summed E-state index contributed by atoms with van der Waals surface area (Å²) in [5.41, 5.74) is 11.4. The molecule has 0 radical (unpaired) electrons. The van der Waals surface area contributed by atoms with E-state index < -0.39 is 29.7 Å². The van der Waals surface area contributed by atoms with Crippen LogP contribution in [0.4, 0.5) is 8.78 Å². The minimum absolute atomic E-state index is 0.0848. The molecular weight excluding hydrogens is 560 g/mol. The van der Waals surface area contributed by atoms with Crippen LogP contribution >= 0.6 is 0 Å². The highest BCUT2D eigenvalue weighted by molar-refractivity contribution is 5.98. The topological polar surface area (TPSA) is 84.7 Å². The summed E-state index contributed by atoms with van der Waals surface area (Å²) in [6, 6.07) is 25.2. The maximum atomic E-state index is 13.9. The third kappa shape index (κ3) is 9.30. The largest absolute Gasteiger partial charge is 0.456 e. The molecular formula is C36H39F2N3O3. The zero-order chi connectivity index (χ0) is 31.6. The summed E-state index contributed by atoms with van der Waals surface area (Å²) in [5.74, 6) is -2.29. The smallest absolute Gasteiger partial charge is 0.338 e. The zero-order valence-corrected chi connectivity index (χ0v) is 25.4. The second kappa shape index (κ2) is 15.4. The van der Waals surface area contributed by atoms with Crippen molar-refractivity contribution >= 4 is 11.9 Å². The van der Waals surface area contributed by atoms with Crippen LogP contribution in [0.3, 0.4) is 0 Å². The Kier molecular flexibility index (Phi) is 11.4. The Bertz CT molecular complexity index is 1560. The fourth-order valence-electron chi connectivity index (χ4n) is 5.11. The molecule has 0 fully saturated rings. The lowest BCUT2D eigenvalue weighted by Crippen LogP contribution is -2.46. The highest BCUT2D eigenvalue weighted by atomic mass is 19.1. The molecule has 8 heteroatoms. The minimum Gasteiger partial charge on any atom is -0.456 e. The van der Waals surface area contributed by atoms with Gasteiger partial charge in [-0.2, -0.15) is 0 Å². The summed E-state index contributed by atoms with van der Waals surface area (Å²) in [6.45, 7) is 5.02. The van der Waals surface area contributed by atoms with Gasteiger partial charge in [-0.25, -0.2) is 13.6 Å². The van der Waals surface area contributed by atoms with Crippen LogP contribution in [0.2, 0.25) is 0 Å². The maximum absolute atomic E-state index is 13.9. The Balaban J connectivity index is 1.50. The van der Waals surface area contributed by atoms with Gasteiger partial charge in [0.05, 0.1) is 5.56 Å². The normalized spacial score (nSPS) is 12.4. The lowest BCUT2D eigenvalue weighted by molar-refractivity contribution is 0.0238. The molecule has 0 saturated heterocycles. The number of benzene rings is 4. The monoisotopic (exact) mass is 599 g/mol. The molecule has 0 spiro atoms. The number of nitrogens with zero attached hydrogens (tertiary/aromatic N) is 1. The van der Waals surface area contributed by atoms with Crippen LogP contribution in [0.1, 0.15) is 55.5 Å². The third-order valence-corrected chi connectivity index (χ3v) is 7.37. The number of hydrogen-bond donors (Lipinski definition) is 2. The van der Waals surface area contributed by atoms with Gasteiger partial charge in [0.2, 0.25) is 0 Å². The van der Waals surface area contributed by atoms with Gasteiger partial charge < -0.3 is 20.7 Å². The molecule has 44 heavy (non-hydrogen) atoms. The highest BCUT2D eigenvalue weighted by Gasteiger charge is 2.25. The number of rotatable bonds is 13. The molecule has 0 heterocycles. The Morgan fingerprint density at radius 3 is 2.20 bits per heavy atom. The number of amides is 1. The van der Waals surface area contributed by atoms with Crippen LogP contribution in [-0.2, 0) is 30.7 Å². The molecule has 1 amide bonds. The van der Waals surface area contributed by atoms with Crippen LogP contribution < -0.4 is 11.1 Å². The van der Waals surface area contributed by atoms with E-state index in [0.29, 0.717) is 24.2 Å². The second-order valence-electron chi connectivity index (χ2n) is 11.1. The van der Waals surface area contributed by atoms with Crippen molar-refractivity contribution in [2.24, 2.45) is 5.73 Å². The molecule has 2 atom stereocenters. The summed E-state index contributed by atoms with van der Waals surface area (Å²) in [4.78, 5) is 28.3. The molecule has 0 unspecified atom stereocenters. The predicted octanol–water partition coefficient (Wildman–Crippen LogP) is 5.99. The fourth-order valence-corrected chi connectivity index (χ4v) is 5.11. The Labute approximate surface area is 257 Å². The number of carbonyl (C=O) groups is 2. The Morgan fingerprint density at radius 2 is 1.50 bits per heavy atom. The average Bonchev–Trinajstić information content (AvgIpc) is 2.99. The molecule has 3 N–H and O–H groups in total. The van der Waals surface area contributed by atoms with E-state index in [1.165, 1.54) is 23.8 Å². The lowest BCUT2D eigenvalue weighted by atomic mass is 10.0. The first-order valence-electron chi connectivity index (χ1n) is 14.7. The van der Waals surface area contributed by atoms with Gasteiger partial charge in [0.25, 0.3) is 5.91 Å². The fraction of sp³-hybridized carbons (Fsp3) is 0.278. The van der Waals surface area contributed by atoms with E-state index in [4.69, 9.17) is 10.5 Å². The van der Waals surface area contributed by atoms with E-state index in [0.717, 1.165) is 29.2 Å². The van der Waals surface area contributed by atoms with Crippen molar-refractivity contribution in [1.82, 2.24) is 10.2 Å². The van der Waals surface area contributed by atoms with E-state index in [2.05, 4.69) is 24.4 Å². The Hall–Kier alpha value is -4.40. The van der Waals surface area contributed by atoms with Crippen molar-refractivity contribution in [3.8, 4) is 0 Å². The number of carbonyl (C=O) groups excluding carboxylic acids is 2. The number of halogens is 2. The van der Waals surface area contributed by atoms with Gasteiger partial charge in [0, 0.05) is 44.4 Å². The molecule has 0 aliphatic heterocycles. The van der Waals surface area contributed by atoms with Gasteiger partial charge in [-0.15, -0.1) is 0 Å². The predicted molar refractivity (Wildman–Crippen MR) is 168 cm³/mol. The molecule has 0 aliphatic rings. The maximum Gasteiger partial charge on any atom is 0.338 e. The minimum atomic E-state index is -0.830. The van der Waals surface area contributed by atoms with E-state index in [1.54, 1.807) is 31.0 Å². The van der Waals surface area contributed by atoms with Gasteiger partial charge in [0.1, 0.15) is 17.7 Å². The second-order valence-corrected chi connectivity index (χ2v) is 11.1. The van der Waals surface area contributed by atoms with E-state index in [9.17, 15) is 18.4 Å². The molecule has 230 valence electrons. The highest BCUT2D eigenvalue weighted by Crippen LogP contribution is 2.17. The van der Waals surface area contributed by atoms with E-state index >= 15 is 0 Å². The lowest BCUT2D eigenvalue weighted by Gasteiger charge is -2.25. The van der Waals surface area contributed by atoms with Crippen molar-refractivity contribution in [2.75, 3.05) is 13.6 Å². The average molecular weight is 600 g/mol. The SMILES string of the molecule is CCc1cccc(CNC[C@@H](OC(=O)c2cc(C)cc(C(=O)N(C)Cc3ccccc3)c2)[C@@H](N)Cc2cc(F)cc(F)c2)c1. The van der Waals surface area contributed by atoms with Crippen molar-refractivity contribution in [1.29, 1.82) is 0 Å². The molecule has 4 rings (SSSR count). The third-order valence-electron chi connectivity index (χ3n) is 7.37. The molecule has 4 aromatic rings. The number of nitrogens with two attached hydrogens (primary N) is 1. The molecule has 0 bridgehead atoms. The van der Waals surface area contributed by atoms with Crippen LogP contribution in [0.15, 0.2) is 91.0 Å². The molecule has 4 aromatic carbocycles. The number of esters is 1. The number of ether oxygens (including phenoxy) is 1. The number of hydrogen-bond acceptors (Lipinski definition) is 5. The standard InChI is InChI=1S/C36H39F2N3O3/c1-4-25-11-8-12-27(15-25)21-40-22-34(33(39)18-28-16-31(37)20-32(38)17-28)44-36(43)30-14-24(2)13-29(19-30)35(42)41(3)23-26-9-6-5-7-10-26/h5-17,19-20,33-34,40H,4,18,21-23,39H2,1-3H3/t33-,34+/m0/s1. The summed E-state index contributed by atoms with van der Waals surface area (Å²) in [5, 5.41) is 3.31. The van der Waals surface area contributed by atoms with Crippen molar-refractivity contribution < 1.29 is 23.1 Å². The van der Waals surface area contributed by atoms with E-state index in [1.807, 2.05) is 42.5 Å². The first kappa shape index (κ1) is 32.5. The van der Waals surface area contributed by atoms with Gasteiger partial charge >= 0.3 is 5.97 Å². The molecule has 6 nitrogen and oxygen atoms in total. The van der Waals surface area contributed by atoms with Crippen molar-refractivity contribution in [3.63, 3.8) is 0 Å². The van der Waals surface area contributed by atoms with Gasteiger partial charge in [-0.3, -0.25) is 4.79 Å². The van der Waals surface area contributed by atoms with Crippen LogP contribution in [0.25, 0.3) is 0 Å². The number of nitrogens with one attached hydrogen (secondary N) is 1. The summed E-state index contributed by atoms with van der Waals surface area (Å²) in [6.07, 6.45) is 0.164. The van der Waals surface area contributed by atoms with Gasteiger partial charge in [-0.05, 0) is 77.9 Å². The molecule has 0 saturated carbocycles. The number of aryl methyl sites for hydroxylation is 2. The van der Waals surface area contributed by atoms with Crippen molar-refractivity contribution in [2.45, 2.75) is 51.9 Å². The van der Waals surface area contributed by atoms with Crippen molar-refractivity contribution in [3.05, 3.63) is 142 Å². The Morgan fingerprint density at radius 1 is 0.841 bits per heavy atom. The first-order chi connectivity index (χ1) is 21.1. The van der Waals surface area contributed by atoms with Crippen LogP contribution in [0.5, 0.6) is 0 Å². The first-order valence-corrected chi connectivity index (χ1v) is 14.7. The quantitative estimate of drug-likeness (QED) is 0.184. The van der Waals surface area contributed by atoms with E-state index in [-0.39, 0.29) is 24.4 Å². The molecule has 0 aromatic heterocycles. The summed E-state index contributed by atoms with van der Waals surface area (Å²) >= 11 is 0. The van der Waals surface area contributed by atoms with Crippen LogP contribution in [0, 0.1) is 18.6 Å². The zero-order valence-electron chi connectivity index (χ0n) is 25.4. The van der Waals surface area contributed by atoms with Gasteiger partial charge in [0.15, 0.2) is 0 Å². The molecule has 0 aliphatic carbocycles.